The number of benzene rings is 2. The highest BCUT2D eigenvalue weighted by molar-refractivity contribution is 6.33. The van der Waals surface area contributed by atoms with E-state index in [0.717, 1.165) is 16.7 Å². The maximum atomic E-state index is 10.2. The molecule has 1 nitrogen and oxygen atoms in total. The molecule has 1 unspecified atom stereocenters. The van der Waals surface area contributed by atoms with Crippen LogP contribution in [0.2, 0.25) is 15.1 Å². The summed E-state index contributed by atoms with van der Waals surface area (Å²) in [6, 6.07) is 10.8. The number of hydrogen-bond donors (Lipinski definition) is 1. The van der Waals surface area contributed by atoms with Crippen LogP contribution in [-0.4, -0.2) is 5.11 Å². The van der Waals surface area contributed by atoms with E-state index < -0.39 is 6.10 Å². The lowest BCUT2D eigenvalue weighted by atomic mass is 10.0. The SMILES string of the molecule is Cc1ccc(C(O)Cc2cc(Cl)ccc2Cl)cc1Cl. The van der Waals surface area contributed by atoms with Crippen molar-refractivity contribution in [2.24, 2.45) is 0 Å². The summed E-state index contributed by atoms with van der Waals surface area (Å²) in [6.45, 7) is 1.92. The van der Waals surface area contributed by atoms with Crippen LogP contribution in [0.5, 0.6) is 0 Å². The first kappa shape index (κ1) is 14.7. The van der Waals surface area contributed by atoms with E-state index >= 15 is 0 Å². The molecule has 0 spiro atoms. The van der Waals surface area contributed by atoms with Gasteiger partial charge in [0.1, 0.15) is 0 Å². The molecule has 4 heteroatoms. The van der Waals surface area contributed by atoms with Crippen LogP contribution in [0.3, 0.4) is 0 Å². The topological polar surface area (TPSA) is 20.2 Å². The second kappa shape index (κ2) is 6.15. The molecule has 2 aromatic carbocycles. The third kappa shape index (κ3) is 3.64. The van der Waals surface area contributed by atoms with Gasteiger partial charge in [-0.3, -0.25) is 0 Å². The van der Waals surface area contributed by atoms with Crippen molar-refractivity contribution in [3.8, 4) is 0 Å². The molecule has 0 bridgehead atoms. The van der Waals surface area contributed by atoms with E-state index in [1.807, 2.05) is 19.1 Å². The van der Waals surface area contributed by atoms with Gasteiger partial charge in [0.15, 0.2) is 0 Å². The van der Waals surface area contributed by atoms with Crippen LogP contribution in [0.1, 0.15) is 22.8 Å². The van der Waals surface area contributed by atoms with Crippen LogP contribution in [0.4, 0.5) is 0 Å². The number of hydrogen-bond acceptors (Lipinski definition) is 1. The summed E-state index contributed by atoms with van der Waals surface area (Å²) in [5, 5.41) is 12.1. The Morgan fingerprint density at radius 2 is 1.74 bits per heavy atom. The maximum absolute atomic E-state index is 10.2. The highest BCUT2D eigenvalue weighted by Crippen LogP contribution is 2.28. The minimum atomic E-state index is -0.658. The fraction of sp³-hybridized carbons (Fsp3) is 0.200. The molecule has 2 rings (SSSR count). The van der Waals surface area contributed by atoms with E-state index in [-0.39, 0.29) is 0 Å². The zero-order valence-electron chi connectivity index (χ0n) is 10.3. The molecule has 0 radical (unpaired) electrons. The van der Waals surface area contributed by atoms with E-state index in [2.05, 4.69) is 0 Å². The Kier molecular flexibility index (Phi) is 4.75. The summed E-state index contributed by atoms with van der Waals surface area (Å²) in [4.78, 5) is 0. The quantitative estimate of drug-likeness (QED) is 0.822. The van der Waals surface area contributed by atoms with Gasteiger partial charge in [0.05, 0.1) is 6.10 Å². The molecule has 0 saturated heterocycles. The van der Waals surface area contributed by atoms with Crippen molar-refractivity contribution >= 4 is 34.8 Å². The van der Waals surface area contributed by atoms with Crippen molar-refractivity contribution in [1.82, 2.24) is 0 Å². The standard InChI is InChI=1S/C15H13Cl3O/c1-9-2-3-10(7-14(9)18)15(19)8-11-6-12(16)4-5-13(11)17/h2-7,15,19H,8H2,1H3. The molecule has 1 N–H and O–H groups in total. The van der Waals surface area contributed by atoms with Gasteiger partial charge in [0.25, 0.3) is 0 Å². The first-order chi connectivity index (χ1) is 8.97. The molecular weight excluding hydrogens is 303 g/mol. The summed E-state index contributed by atoms with van der Waals surface area (Å²) in [5.74, 6) is 0. The molecule has 2 aromatic rings. The van der Waals surface area contributed by atoms with Crippen molar-refractivity contribution in [2.75, 3.05) is 0 Å². The lowest BCUT2D eigenvalue weighted by Crippen LogP contribution is -2.02. The second-order valence-corrected chi connectivity index (χ2v) is 5.72. The molecule has 0 aromatic heterocycles. The molecule has 0 aliphatic heterocycles. The minimum absolute atomic E-state index is 0.402. The van der Waals surface area contributed by atoms with Gasteiger partial charge >= 0.3 is 0 Å². The Morgan fingerprint density at radius 3 is 2.42 bits per heavy atom. The van der Waals surface area contributed by atoms with Crippen LogP contribution < -0.4 is 0 Å². The van der Waals surface area contributed by atoms with Crippen molar-refractivity contribution in [3.05, 3.63) is 68.2 Å². The lowest BCUT2D eigenvalue weighted by molar-refractivity contribution is 0.178. The number of halogens is 3. The predicted octanol–water partition coefficient (Wildman–Crippen LogP) is 5.23. The average molecular weight is 316 g/mol. The van der Waals surface area contributed by atoms with Crippen molar-refractivity contribution in [2.45, 2.75) is 19.4 Å². The Bertz CT molecular complexity index is 596. The summed E-state index contributed by atoms with van der Waals surface area (Å²) in [7, 11) is 0. The van der Waals surface area contributed by atoms with Crippen molar-refractivity contribution in [1.29, 1.82) is 0 Å². The van der Waals surface area contributed by atoms with Gasteiger partial charge in [-0.05, 0) is 47.9 Å². The fourth-order valence-corrected chi connectivity index (χ4v) is 2.42. The molecular formula is C15H13Cl3O. The molecule has 0 fully saturated rings. The Hall–Kier alpha value is -0.730. The minimum Gasteiger partial charge on any atom is -0.388 e. The highest BCUT2D eigenvalue weighted by Gasteiger charge is 2.12. The number of rotatable bonds is 3. The Labute approximate surface area is 127 Å². The third-order valence-electron chi connectivity index (χ3n) is 3.00. The zero-order valence-corrected chi connectivity index (χ0v) is 12.6. The van der Waals surface area contributed by atoms with Crippen LogP contribution >= 0.6 is 34.8 Å². The van der Waals surface area contributed by atoms with Gasteiger partial charge in [-0.2, -0.15) is 0 Å². The normalized spacial score (nSPS) is 12.5. The molecule has 100 valence electrons. The first-order valence-corrected chi connectivity index (χ1v) is 6.99. The van der Waals surface area contributed by atoms with Crippen LogP contribution in [0.15, 0.2) is 36.4 Å². The van der Waals surface area contributed by atoms with Crippen LogP contribution in [0, 0.1) is 6.92 Å². The van der Waals surface area contributed by atoms with E-state index in [1.165, 1.54) is 0 Å². The molecule has 0 heterocycles. The van der Waals surface area contributed by atoms with Gasteiger partial charge < -0.3 is 5.11 Å². The summed E-state index contributed by atoms with van der Waals surface area (Å²) in [6.07, 6.45) is -0.257. The number of aliphatic hydroxyl groups excluding tert-OH is 1. The zero-order chi connectivity index (χ0) is 14.0. The smallest absolute Gasteiger partial charge is 0.0831 e. The maximum Gasteiger partial charge on any atom is 0.0831 e. The highest BCUT2D eigenvalue weighted by atomic mass is 35.5. The van der Waals surface area contributed by atoms with Gasteiger partial charge in [0, 0.05) is 21.5 Å². The molecule has 0 saturated carbocycles. The van der Waals surface area contributed by atoms with Crippen LogP contribution in [-0.2, 0) is 6.42 Å². The predicted molar refractivity (Wildman–Crippen MR) is 81.3 cm³/mol. The monoisotopic (exact) mass is 314 g/mol. The lowest BCUT2D eigenvalue weighted by Gasteiger charge is -2.13. The summed E-state index contributed by atoms with van der Waals surface area (Å²) >= 11 is 18.1. The molecule has 0 amide bonds. The Morgan fingerprint density at radius 1 is 1.00 bits per heavy atom. The van der Waals surface area contributed by atoms with Crippen molar-refractivity contribution < 1.29 is 5.11 Å². The van der Waals surface area contributed by atoms with Crippen molar-refractivity contribution in [3.63, 3.8) is 0 Å². The van der Waals surface area contributed by atoms with E-state index in [9.17, 15) is 5.11 Å². The number of aliphatic hydroxyl groups is 1. The van der Waals surface area contributed by atoms with Gasteiger partial charge in [-0.25, -0.2) is 0 Å². The Balaban J connectivity index is 2.22. The molecule has 0 aliphatic rings. The first-order valence-electron chi connectivity index (χ1n) is 5.85. The van der Waals surface area contributed by atoms with Crippen LogP contribution in [0.25, 0.3) is 0 Å². The van der Waals surface area contributed by atoms with Gasteiger partial charge in [-0.15, -0.1) is 0 Å². The average Bonchev–Trinajstić information content (AvgIpc) is 2.37. The summed E-state index contributed by atoms with van der Waals surface area (Å²) in [5.41, 5.74) is 2.57. The second-order valence-electron chi connectivity index (χ2n) is 4.46. The van der Waals surface area contributed by atoms with E-state index in [1.54, 1.807) is 24.3 Å². The number of aryl methyl sites for hydroxylation is 1. The van der Waals surface area contributed by atoms with E-state index in [0.29, 0.717) is 21.5 Å². The summed E-state index contributed by atoms with van der Waals surface area (Å²) < 4.78 is 0. The van der Waals surface area contributed by atoms with Gasteiger partial charge in [-0.1, -0.05) is 46.9 Å². The molecule has 19 heavy (non-hydrogen) atoms. The largest absolute Gasteiger partial charge is 0.388 e. The molecule has 1 atom stereocenters. The fourth-order valence-electron chi connectivity index (χ4n) is 1.84. The molecule has 0 aliphatic carbocycles. The van der Waals surface area contributed by atoms with Gasteiger partial charge in [0.2, 0.25) is 0 Å². The van der Waals surface area contributed by atoms with E-state index in [4.69, 9.17) is 34.8 Å². The third-order valence-corrected chi connectivity index (χ3v) is 4.01.